The SMILES string of the molecule is CCN1CCCC(Nc2nccc3ccc(OC)cc23)C1. The summed E-state index contributed by atoms with van der Waals surface area (Å²) in [5.41, 5.74) is 0. The lowest BCUT2D eigenvalue weighted by Gasteiger charge is -2.32. The zero-order chi connectivity index (χ0) is 14.7. The van der Waals surface area contributed by atoms with Crippen molar-refractivity contribution in [3.8, 4) is 5.75 Å². The van der Waals surface area contributed by atoms with Crippen LogP contribution in [0.4, 0.5) is 5.82 Å². The van der Waals surface area contributed by atoms with Crippen LogP contribution in [0.5, 0.6) is 5.75 Å². The van der Waals surface area contributed by atoms with Crippen LogP contribution in [0.3, 0.4) is 0 Å². The fourth-order valence-corrected chi connectivity index (χ4v) is 3.04. The standard InChI is InChI=1S/C17H23N3O/c1-3-20-10-4-5-14(12-20)19-17-16-11-15(21-2)7-6-13(16)8-9-18-17/h6-9,11,14H,3-5,10,12H2,1-2H3,(H,18,19). The maximum absolute atomic E-state index is 5.34. The molecule has 0 aliphatic carbocycles. The van der Waals surface area contributed by atoms with Gasteiger partial charge in [0.15, 0.2) is 0 Å². The fraction of sp³-hybridized carbons (Fsp3) is 0.471. The summed E-state index contributed by atoms with van der Waals surface area (Å²) in [5, 5.41) is 5.95. The summed E-state index contributed by atoms with van der Waals surface area (Å²) in [5.74, 6) is 1.84. The number of aromatic nitrogens is 1. The van der Waals surface area contributed by atoms with Gasteiger partial charge >= 0.3 is 0 Å². The van der Waals surface area contributed by atoms with Gasteiger partial charge in [0.05, 0.1) is 7.11 Å². The Morgan fingerprint density at radius 3 is 3.10 bits per heavy atom. The molecule has 1 aliphatic heterocycles. The van der Waals surface area contributed by atoms with Crippen molar-refractivity contribution in [3.05, 3.63) is 30.5 Å². The van der Waals surface area contributed by atoms with Crippen LogP contribution in [0.2, 0.25) is 0 Å². The van der Waals surface area contributed by atoms with E-state index in [-0.39, 0.29) is 0 Å². The molecule has 0 spiro atoms. The van der Waals surface area contributed by atoms with E-state index in [1.165, 1.54) is 24.8 Å². The van der Waals surface area contributed by atoms with Gasteiger partial charge in [-0.25, -0.2) is 4.98 Å². The second-order valence-electron chi connectivity index (χ2n) is 5.62. The minimum absolute atomic E-state index is 0.475. The summed E-state index contributed by atoms with van der Waals surface area (Å²) in [7, 11) is 1.70. The Balaban J connectivity index is 1.86. The Labute approximate surface area is 126 Å². The highest BCUT2D eigenvalue weighted by Crippen LogP contribution is 2.27. The van der Waals surface area contributed by atoms with Crippen LogP contribution in [0.15, 0.2) is 30.5 Å². The predicted octanol–water partition coefficient (Wildman–Crippen LogP) is 3.14. The van der Waals surface area contributed by atoms with Crippen LogP contribution in [-0.4, -0.2) is 42.7 Å². The number of fused-ring (bicyclic) bond motifs is 1. The van der Waals surface area contributed by atoms with Crippen molar-refractivity contribution in [2.24, 2.45) is 0 Å². The molecule has 1 unspecified atom stereocenters. The average molecular weight is 285 g/mol. The number of pyridine rings is 1. The minimum Gasteiger partial charge on any atom is -0.497 e. The first-order valence-electron chi connectivity index (χ1n) is 7.72. The van der Waals surface area contributed by atoms with Crippen molar-refractivity contribution in [1.82, 2.24) is 9.88 Å². The highest BCUT2D eigenvalue weighted by molar-refractivity contribution is 5.92. The molecule has 1 aliphatic rings. The molecule has 1 atom stereocenters. The summed E-state index contributed by atoms with van der Waals surface area (Å²) < 4.78 is 5.34. The third-order valence-corrected chi connectivity index (χ3v) is 4.27. The molecule has 1 saturated heterocycles. The number of benzene rings is 1. The van der Waals surface area contributed by atoms with E-state index in [2.05, 4.69) is 34.3 Å². The molecule has 4 nitrogen and oxygen atoms in total. The molecule has 0 radical (unpaired) electrons. The average Bonchev–Trinajstić information content (AvgIpc) is 2.55. The van der Waals surface area contributed by atoms with Crippen molar-refractivity contribution < 1.29 is 4.74 Å². The number of hydrogen-bond donors (Lipinski definition) is 1. The molecule has 1 aromatic carbocycles. The highest BCUT2D eigenvalue weighted by atomic mass is 16.5. The van der Waals surface area contributed by atoms with Gasteiger partial charge in [-0.2, -0.15) is 0 Å². The topological polar surface area (TPSA) is 37.4 Å². The number of nitrogens with one attached hydrogen (secondary N) is 1. The molecule has 2 heterocycles. The number of piperidine rings is 1. The summed E-state index contributed by atoms with van der Waals surface area (Å²) in [6.07, 6.45) is 4.33. The number of nitrogens with zero attached hydrogens (tertiary/aromatic N) is 2. The Morgan fingerprint density at radius 2 is 2.29 bits per heavy atom. The van der Waals surface area contributed by atoms with Crippen LogP contribution >= 0.6 is 0 Å². The lowest BCUT2D eigenvalue weighted by atomic mass is 10.1. The number of ether oxygens (including phenoxy) is 1. The molecule has 112 valence electrons. The van der Waals surface area contributed by atoms with Gasteiger partial charge in [-0.1, -0.05) is 13.0 Å². The van der Waals surface area contributed by atoms with E-state index in [4.69, 9.17) is 4.74 Å². The molecule has 3 rings (SSSR count). The number of likely N-dealkylation sites (tertiary alicyclic amines) is 1. The fourth-order valence-electron chi connectivity index (χ4n) is 3.04. The van der Waals surface area contributed by atoms with Crippen molar-refractivity contribution in [3.63, 3.8) is 0 Å². The molecule has 1 aromatic heterocycles. The molecular formula is C17H23N3O. The summed E-state index contributed by atoms with van der Waals surface area (Å²) >= 11 is 0. The third-order valence-electron chi connectivity index (χ3n) is 4.27. The first-order valence-corrected chi connectivity index (χ1v) is 7.72. The van der Waals surface area contributed by atoms with Gasteiger partial charge in [0.2, 0.25) is 0 Å². The van der Waals surface area contributed by atoms with Crippen molar-refractivity contribution >= 4 is 16.6 Å². The van der Waals surface area contributed by atoms with Gasteiger partial charge in [0, 0.05) is 24.2 Å². The molecule has 4 heteroatoms. The molecular weight excluding hydrogens is 262 g/mol. The lowest BCUT2D eigenvalue weighted by Crippen LogP contribution is -2.42. The number of hydrogen-bond acceptors (Lipinski definition) is 4. The Kier molecular flexibility index (Phi) is 4.25. The third kappa shape index (κ3) is 3.10. The van der Waals surface area contributed by atoms with Gasteiger partial charge in [-0.05, 0) is 49.5 Å². The first-order chi connectivity index (χ1) is 10.3. The van der Waals surface area contributed by atoms with Crippen molar-refractivity contribution in [2.45, 2.75) is 25.8 Å². The summed E-state index contributed by atoms with van der Waals surface area (Å²) in [6.45, 7) is 5.66. The van der Waals surface area contributed by atoms with Crippen LogP contribution in [0.25, 0.3) is 10.8 Å². The number of likely N-dealkylation sites (N-methyl/N-ethyl adjacent to an activating group) is 1. The number of methoxy groups -OCH3 is 1. The van der Waals surface area contributed by atoms with Crippen molar-refractivity contribution in [1.29, 1.82) is 0 Å². The van der Waals surface area contributed by atoms with Crippen LogP contribution in [-0.2, 0) is 0 Å². The molecule has 0 bridgehead atoms. The highest BCUT2D eigenvalue weighted by Gasteiger charge is 2.19. The van der Waals surface area contributed by atoms with Gasteiger partial charge < -0.3 is 15.0 Å². The van der Waals surface area contributed by atoms with E-state index < -0.39 is 0 Å². The lowest BCUT2D eigenvalue weighted by molar-refractivity contribution is 0.226. The zero-order valence-corrected chi connectivity index (χ0v) is 12.8. The van der Waals surface area contributed by atoms with Gasteiger partial charge in [0.1, 0.15) is 11.6 Å². The molecule has 2 aromatic rings. The van der Waals surface area contributed by atoms with Crippen molar-refractivity contribution in [2.75, 3.05) is 32.1 Å². The monoisotopic (exact) mass is 285 g/mol. The smallest absolute Gasteiger partial charge is 0.134 e. The quantitative estimate of drug-likeness (QED) is 0.936. The summed E-state index contributed by atoms with van der Waals surface area (Å²) in [6, 6.07) is 8.65. The second-order valence-corrected chi connectivity index (χ2v) is 5.62. The van der Waals surface area contributed by atoms with Gasteiger partial charge in [-0.15, -0.1) is 0 Å². The van der Waals surface area contributed by atoms with E-state index in [0.717, 1.165) is 30.0 Å². The molecule has 0 amide bonds. The van der Waals surface area contributed by atoms with E-state index in [0.29, 0.717) is 6.04 Å². The van der Waals surface area contributed by atoms with Gasteiger partial charge in [-0.3, -0.25) is 0 Å². The number of rotatable bonds is 4. The minimum atomic E-state index is 0.475. The first kappa shape index (κ1) is 14.1. The normalized spacial score (nSPS) is 19.6. The number of anilines is 1. The van der Waals surface area contributed by atoms with E-state index in [1.807, 2.05) is 18.3 Å². The molecule has 0 saturated carbocycles. The Bertz CT molecular complexity index is 614. The van der Waals surface area contributed by atoms with Gasteiger partial charge in [0.25, 0.3) is 0 Å². The summed E-state index contributed by atoms with van der Waals surface area (Å²) in [4.78, 5) is 7.04. The largest absolute Gasteiger partial charge is 0.497 e. The van der Waals surface area contributed by atoms with Crippen LogP contribution in [0, 0.1) is 0 Å². The second kappa shape index (κ2) is 6.31. The maximum Gasteiger partial charge on any atom is 0.134 e. The molecule has 1 fully saturated rings. The molecule has 1 N–H and O–H groups in total. The van der Waals surface area contributed by atoms with E-state index in [1.54, 1.807) is 7.11 Å². The predicted molar refractivity (Wildman–Crippen MR) is 87.1 cm³/mol. The Hall–Kier alpha value is -1.81. The van der Waals surface area contributed by atoms with E-state index in [9.17, 15) is 0 Å². The molecule has 21 heavy (non-hydrogen) atoms. The van der Waals surface area contributed by atoms with Crippen LogP contribution in [0.1, 0.15) is 19.8 Å². The maximum atomic E-state index is 5.34. The Morgan fingerprint density at radius 1 is 1.38 bits per heavy atom. The zero-order valence-electron chi connectivity index (χ0n) is 12.8. The van der Waals surface area contributed by atoms with E-state index >= 15 is 0 Å². The van der Waals surface area contributed by atoms with Crippen LogP contribution < -0.4 is 10.1 Å².